The molecule has 116 valence electrons. The Balaban J connectivity index is 2.32. The molecule has 0 bridgehead atoms. The van der Waals surface area contributed by atoms with Crippen molar-refractivity contribution in [3.05, 3.63) is 23.5 Å². The van der Waals surface area contributed by atoms with E-state index in [0.29, 0.717) is 11.2 Å². The number of aliphatic hydroxyl groups excluding tert-OH is 1. The summed E-state index contributed by atoms with van der Waals surface area (Å²) in [5.74, 6) is -3.35. The summed E-state index contributed by atoms with van der Waals surface area (Å²) >= 11 is 0. The lowest BCUT2D eigenvalue weighted by molar-refractivity contribution is -0.0593. The molecule has 1 aromatic rings. The van der Waals surface area contributed by atoms with E-state index >= 15 is 0 Å². The molecule has 1 saturated heterocycles. The minimum atomic E-state index is -3.35. The van der Waals surface area contributed by atoms with Crippen LogP contribution >= 0.6 is 0 Å². The average Bonchev–Trinajstić information content (AvgIpc) is 2.58. The fourth-order valence-corrected chi connectivity index (χ4v) is 2.08. The first-order valence-electron chi connectivity index (χ1n) is 6.82. The monoisotopic (exact) mass is 299 g/mol. The first kappa shape index (κ1) is 16.3. The number of halogens is 2. The Bertz CT molecular complexity index is 533. The van der Waals surface area contributed by atoms with Gasteiger partial charge in [-0.15, -0.1) is 0 Å². The Kier molecular flexibility index (Phi) is 3.89. The number of alkyl halides is 2. The van der Waals surface area contributed by atoms with Crippen molar-refractivity contribution in [3.8, 4) is 0 Å². The summed E-state index contributed by atoms with van der Waals surface area (Å²) in [7, 11) is -0.640. The number of aromatic nitrogens is 1. The van der Waals surface area contributed by atoms with Crippen LogP contribution in [0.2, 0.25) is 0 Å². The van der Waals surface area contributed by atoms with E-state index < -0.39 is 36.5 Å². The van der Waals surface area contributed by atoms with Gasteiger partial charge in [0, 0.05) is 11.2 Å². The molecule has 2 rings (SSSR count). The Hall–Kier alpha value is -1.05. The zero-order valence-corrected chi connectivity index (χ0v) is 12.9. The maximum atomic E-state index is 13.4. The van der Waals surface area contributed by atoms with Gasteiger partial charge >= 0.3 is 13.0 Å². The van der Waals surface area contributed by atoms with E-state index in [9.17, 15) is 8.78 Å². The van der Waals surface area contributed by atoms with Crippen molar-refractivity contribution >= 4 is 12.6 Å². The zero-order valence-electron chi connectivity index (χ0n) is 12.9. The molecule has 0 saturated carbocycles. The van der Waals surface area contributed by atoms with E-state index in [4.69, 9.17) is 14.4 Å². The van der Waals surface area contributed by atoms with Crippen LogP contribution < -0.4 is 5.46 Å². The number of rotatable bonds is 3. The van der Waals surface area contributed by atoms with Gasteiger partial charge in [0.05, 0.1) is 11.2 Å². The molecular weight excluding hydrogens is 279 g/mol. The number of nitrogens with zero attached hydrogens (tertiary/aromatic N) is 1. The molecule has 0 amide bonds. The highest BCUT2D eigenvalue weighted by atomic mass is 19.3. The Labute approximate surface area is 123 Å². The van der Waals surface area contributed by atoms with Gasteiger partial charge in [-0.25, -0.2) is 0 Å². The molecule has 1 fully saturated rings. The van der Waals surface area contributed by atoms with Crippen molar-refractivity contribution in [2.75, 3.05) is 6.61 Å². The van der Waals surface area contributed by atoms with E-state index in [-0.39, 0.29) is 0 Å². The lowest BCUT2D eigenvalue weighted by Gasteiger charge is -2.32. The van der Waals surface area contributed by atoms with E-state index in [2.05, 4.69) is 4.98 Å². The van der Waals surface area contributed by atoms with Gasteiger partial charge < -0.3 is 14.4 Å². The van der Waals surface area contributed by atoms with Gasteiger partial charge in [-0.1, -0.05) is 6.07 Å². The number of aryl methyl sites for hydroxylation is 1. The van der Waals surface area contributed by atoms with Crippen molar-refractivity contribution in [1.29, 1.82) is 0 Å². The smallest absolute Gasteiger partial charge is 0.399 e. The Morgan fingerprint density at radius 3 is 2.14 bits per heavy atom. The molecule has 0 unspecified atom stereocenters. The Morgan fingerprint density at radius 1 is 1.19 bits per heavy atom. The molecule has 7 heteroatoms. The van der Waals surface area contributed by atoms with Crippen molar-refractivity contribution < 1.29 is 23.2 Å². The maximum absolute atomic E-state index is 13.4. The summed E-state index contributed by atoms with van der Waals surface area (Å²) in [6, 6.07) is 2.72. The highest BCUT2D eigenvalue weighted by Gasteiger charge is 2.52. The van der Waals surface area contributed by atoms with Crippen molar-refractivity contribution in [1.82, 2.24) is 4.98 Å². The molecule has 0 aliphatic carbocycles. The zero-order chi connectivity index (χ0) is 16.1. The quantitative estimate of drug-likeness (QED) is 0.864. The van der Waals surface area contributed by atoms with Gasteiger partial charge in [0.25, 0.3) is 0 Å². The van der Waals surface area contributed by atoms with Crippen LogP contribution in [-0.4, -0.2) is 35.0 Å². The molecule has 2 heterocycles. The second-order valence-corrected chi connectivity index (χ2v) is 6.32. The number of hydrogen-bond acceptors (Lipinski definition) is 4. The van der Waals surface area contributed by atoms with Crippen LogP contribution in [0.3, 0.4) is 0 Å². The minimum Gasteiger partial charge on any atom is -0.399 e. The van der Waals surface area contributed by atoms with Gasteiger partial charge in [0.1, 0.15) is 12.3 Å². The summed E-state index contributed by atoms with van der Waals surface area (Å²) < 4.78 is 38.7. The summed E-state index contributed by atoms with van der Waals surface area (Å²) in [5, 5.41) is 8.72. The molecule has 0 spiro atoms. The minimum absolute atomic E-state index is 0.402. The van der Waals surface area contributed by atoms with Gasteiger partial charge in [0.15, 0.2) is 0 Å². The second kappa shape index (κ2) is 5.00. The first-order valence-corrected chi connectivity index (χ1v) is 6.82. The molecule has 0 radical (unpaired) electrons. The predicted octanol–water partition coefficient (Wildman–Crippen LogP) is 1.77. The lowest BCUT2D eigenvalue weighted by atomic mass is 9.78. The molecule has 1 aliphatic rings. The molecule has 1 N–H and O–H groups in total. The van der Waals surface area contributed by atoms with Crippen molar-refractivity contribution in [2.45, 2.75) is 51.7 Å². The fourth-order valence-electron chi connectivity index (χ4n) is 2.08. The average molecular weight is 299 g/mol. The third-order valence-corrected chi connectivity index (χ3v) is 4.21. The van der Waals surface area contributed by atoms with Crippen LogP contribution in [0.4, 0.5) is 8.78 Å². The standard InChI is InChI=1S/C14H20BF2NO3/c1-9-10(6-7-11(18-9)14(16,17)8-19)15-20-12(2,3)13(4,5)21-15/h6-7,19H,8H2,1-5H3. The fraction of sp³-hybridized carbons (Fsp3) is 0.643. The molecule has 0 aromatic carbocycles. The van der Waals surface area contributed by atoms with Crippen LogP contribution in [-0.2, 0) is 15.2 Å². The number of aliphatic hydroxyl groups is 1. The summed E-state index contributed by atoms with van der Waals surface area (Å²) in [5.41, 5.74) is -0.441. The molecule has 1 aliphatic heterocycles. The lowest BCUT2D eigenvalue weighted by Crippen LogP contribution is -2.41. The molecule has 0 atom stereocenters. The maximum Gasteiger partial charge on any atom is 0.496 e. The van der Waals surface area contributed by atoms with Crippen LogP contribution in [0.1, 0.15) is 39.1 Å². The van der Waals surface area contributed by atoms with E-state index in [1.165, 1.54) is 12.1 Å². The third-order valence-electron chi connectivity index (χ3n) is 4.21. The van der Waals surface area contributed by atoms with Gasteiger partial charge in [-0.2, -0.15) is 8.78 Å². The molecular formula is C14H20BF2NO3. The van der Waals surface area contributed by atoms with Gasteiger partial charge in [-0.05, 0) is 40.7 Å². The highest BCUT2D eigenvalue weighted by molar-refractivity contribution is 6.62. The van der Waals surface area contributed by atoms with Crippen LogP contribution in [0, 0.1) is 6.92 Å². The van der Waals surface area contributed by atoms with Gasteiger partial charge in [-0.3, -0.25) is 4.98 Å². The summed E-state index contributed by atoms with van der Waals surface area (Å²) in [6.07, 6.45) is 0. The normalized spacial score (nSPS) is 20.9. The number of pyridine rings is 1. The van der Waals surface area contributed by atoms with E-state index in [0.717, 1.165) is 0 Å². The predicted molar refractivity (Wildman–Crippen MR) is 75.7 cm³/mol. The van der Waals surface area contributed by atoms with Crippen LogP contribution in [0.5, 0.6) is 0 Å². The highest BCUT2D eigenvalue weighted by Crippen LogP contribution is 2.36. The van der Waals surface area contributed by atoms with Gasteiger partial charge in [0.2, 0.25) is 0 Å². The molecule has 21 heavy (non-hydrogen) atoms. The van der Waals surface area contributed by atoms with Crippen molar-refractivity contribution in [2.24, 2.45) is 0 Å². The van der Waals surface area contributed by atoms with E-state index in [1.807, 2.05) is 27.7 Å². The molecule has 1 aromatic heterocycles. The second-order valence-electron chi connectivity index (χ2n) is 6.32. The van der Waals surface area contributed by atoms with E-state index in [1.54, 1.807) is 6.92 Å². The SMILES string of the molecule is Cc1nc(C(F)(F)CO)ccc1B1OC(C)(C)C(C)(C)O1. The van der Waals surface area contributed by atoms with Crippen LogP contribution in [0.15, 0.2) is 12.1 Å². The third kappa shape index (κ3) is 2.82. The topological polar surface area (TPSA) is 51.6 Å². The number of hydrogen-bond donors (Lipinski definition) is 1. The first-order chi connectivity index (χ1) is 9.50. The van der Waals surface area contributed by atoms with Crippen molar-refractivity contribution in [3.63, 3.8) is 0 Å². The largest absolute Gasteiger partial charge is 0.496 e. The van der Waals surface area contributed by atoms with Crippen LogP contribution in [0.25, 0.3) is 0 Å². The molecule has 4 nitrogen and oxygen atoms in total. The summed E-state index contributed by atoms with van der Waals surface area (Å²) in [6.45, 7) is 8.04. The summed E-state index contributed by atoms with van der Waals surface area (Å²) in [4.78, 5) is 3.89. The Morgan fingerprint density at radius 2 is 1.71 bits per heavy atom.